The van der Waals surface area contributed by atoms with Crippen molar-refractivity contribution in [1.29, 1.82) is 0 Å². The van der Waals surface area contributed by atoms with Crippen molar-refractivity contribution in [3.05, 3.63) is 223 Å². The summed E-state index contributed by atoms with van der Waals surface area (Å²) >= 11 is 0. The number of rotatable bonds is 6. The van der Waals surface area contributed by atoms with Gasteiger partial charge in [-0.1, -0.05) is 159 Å². The number of benzene rings is 9. The minimum atomic E-state index is -0.120. The van der Waals surface area contributed by atoms with Crippen LogP contribution in [0.2, 0.25) is 0 Å². The third kappa shape index (κ3) is 5.47. The summed E-state index contributed by atoms with van der Waals surface area (Å²) in [5.41, 5.74) is 17.5. The van der Waals surface area contributed by atoms with Crippen molar-refractivity contribution in [2.45, 2.75) is 19.3 Å². The van der Waals surface area contributed by atoms with E-state index >= 15 is 0 Å². The molecule has 12 rings (SSSR count). The van der Waals surface area contributed by atoms with Crippen molar-refractivity contribution >= 4 is 60.5 Å². The smallest absolute Gasteiger partial charge is 0.0788 e. The number of para-hydroxylation sites is 3. The fourth-order valence-corrected chi connectivity index (χ4v) is 10.1. The molecule has 1 aliphatic carbocycles. The maximum atomic E-state index is 5.42. The lowest BCUT2D eigenvalue weighted by Crippen LogP contribution is -2.16. The van der Waals surface area contributed by atoms with Gasteiger partial charge in [0, 0.05) is 60.7 Å². The van der Waals surface area contributed by atoms with Gasteiger partial charge in [-0.05, 0) is 100 Å². The number of nitrogens with zero attached hydrogens (tertiary/aromatic N) is 3. The molecule has 0 aliphatic heterocycles. The third-order valence-electron chi connectivity index (χ3n) is 12.9. The van der Waals surface area contributed by atoms with Gasteiger partial charge in [0.1, 0.15) is 0 Å². The van der Waals surface area contributed by atoms with Gasteiger partial charge in [-0.2, -0.15) is 0 Å². The van der Waals surface area contributed by atoms with Crippen LogP contribution in [0.1, 0.15) is 25.0 Å². The topological polar surface area (TPSA) is 21.1 Å². The Bertz CT molecular complexity index is 3490. The summed E-state index contributed by atoms with van der Waals surface area (Å²) < 4.78 is 2.40. The van der Waals surface area contributed by atoms with Crippen molar-refractivity contribution in [3.63, 3.8) is 0 Å². The van der Waals surface area contributed by atoms with Crippen LogP contribution in [0.15, 0.2) is 212 Å². The van der Waals surface area contributed by atoms with E-state index in [1.807, 2.05) is 0 Å². The van der Waals surface area contributed by atoms with Gasteiger partial charge < -0.3 is 9.47 Å². The van der Waals surface area contributed by atoms with E-state index in [0.717, 1.165) is 50.3 Å². The number of pyridine rings is 1. The summed E-state index contributed by atoms with van der Waals surface area (Å²) in [6.45, 7) is 4.70. The minimum absolute atomic E-state index is 0.120. The zero-order chi connectivity index (χ0) is 40.7. The predicted octanol–water partition coefficient (Wildman–Crippen LogP) is 15.6. The fraction of sp³-hybridized carbons (Fsp3) is 0.0517. The SMILES string of the molecule is CC1(C)c2ccccc2-c2ccc(N(c3ccc(-c4nc5ccccc5c5c4ccc4c5c5ccccc5n4-c4ccccc4)cc3)c3cccc(-c4ccccc4)c3)cc21. The molecule has 0 N–H and O–H groups in total. The lowest BCUT2D eigenvalue weighted by atomic mass is 9.82. The molecular weight excluding hydrogens is 739 g/mol. The highest BCUT2D eigenvalue weighted by molar-refractivity contribution is 6.29. The quantitative estimate of drug-likeness (QED) is 0.157. The lowest BCUT2D eigenvalue weighted by molar-refractivity contribution is 0.660. The maximum Gasteiger partial charge on any atom is 0.0788 e. The molecule has 0 unspecified atom stereocenters. The van der Waals surface area contributed by atoms with Gasteiger partial charge in [-0.25, -0.2) is 4.98 Å². The summed E-state index contributed by atoms with van der Waals surface area (Å²) in [6, 6.07) is 77.1. The largest absolute Gasteiger partial charge is 0.310 e. The number of anilines is 3. The Morgan fingerprint density at radius 1 is 0.410 bits per heavy atom. The van der Waals surface area contributed by atoms with E-state index in [2.05, 4.69) is 236 Å². The second-order valence-corrected chi connectivity index (χ2v) is 16.7. The molecule has 11 aromatic rings. The average Bonchev–Trinajstić information content (AvgIpc) is 3.78. The second-order valence-electron chi connectivity index (χ2n) is 16.7. The normalized spacial score (nSPS) is 12.9. The van der Waals surface area contributed by atoms with Gasteiger partial charge in [0.15, 0.2) is 0 Å². The molecule has 288 valence electrons. The monoisotopic (exact) mass is 779 g/mol. The van der Waals surface area contributed by atoms with Crippen molar-refractivity contribution in [2.24, 2.45) is 0 Å². The summed E-state index contributed by atoms with van der Waals surface area (Å²) in [4.78, 5) is 7.82. The van der Waals surface area contributed by atoms with Crippen LogP contribution in [0.3, 0.4) is 0 Å². The number of hydrogen-bond donors (Lipinski definition) is 0. The van der Waals surface area contributed by atoms with Crippen LogP contribution in [0.5, 0.6) is 0 Å². The molecule has 0 bridgehead atoms. The van der Waals surface area contributed by atoms with Crippen LogP contribution in [0, 0.1) is 0 Å². The number of hydrogen-bond acceptors (Lipinski definition) is 2. The van der Waals surface area contributed by atoms with Gasteiger partial charge in [0.2, 0.25) is 0 Å². The van der Waals surface area contributed by atoms with Crippen LogP contribution >= 0.6 is 0 Å². The first-order chi connectivity index (χ1) is 30.0. The van der Waals surface area contributed by atoms with Crippen LogP contribution in [-0.4, -0.2) is 9.55 Å². The molecule has 2 heterocycles. The van der Waals surface area contributed by atoms with Gasteiger partial charge in [-0.3, -0.25) is 0 Å². The van der Waals surface area contributed by atoms with E-state index < -0.39 is 0 Å². The summed E-state index contributed by atoms with van der Waals surface area (Å²) in [7, 11) is 0. The first-order valence-electron chi connectivity index (χ1n) is 21.1. The van der Waals surface area contributed by atoms with Gasteiger partial charge in [0.25, 0.3) is 0 Å². The summed E-state index contributed by atoms with van der Waals surface area (Å²) in [6.07, 6.45) is 0. The average molecular weight is 780 g/mol. The van der Waals surface area contributed by atoms with E-state index in [-0.39, 0.29) is 5.41 Å². The second kappa shape index (κ2) is 13.7. The molecule has 0 fully saturated rings. The number of aromatic nitrogens is 2. The van der Waals surface area contributed by atoms with Crippen molar-refractivity contribution < 1.29 is 0 Å². The molecule has 2 aromatic heterocycles. The Morgan fingerprint density at radius 2 is 1.07 bits per heavy atom. The highest BCUT2D eigenvalue weighted by Crippen LogP contribution is 2.51. The standard InChI is InChI=1S/C58H41N3/c1-58(2)50-25-12-9-22-45(50)46-33-32-44(37-51(46)58)60(43-21-15-18-40(36-43)38-16-5-3-6-17-38)42-30-28-39(29-31-42)57-49-34-35-54-56(55(49)47-23-10-13-26-52(47)59-57)48-24-11-14-27-53(48)61(54)41-19-7-4-8-20-41/h3-37H,1-2H3. The number of fused-ring (bicyclic) bond motifs is 10. The van der Waals surface area contributed by atoms with Gasteiger partial charge in [-0.15, -0.1) is 0 Å². The first kappa shape index (κ1) is 35.2. The highest BCUT2D eigenvalue weighted by Gasteiger charge is 2.35. The molecule has 1 aliphatic rings. The fourth-order valence-electron chi connectivity index (χ4n) is 10.1. The molecule has 0 atom stereocenters. The minimum Gasteiger partial charge on any atom is -0.310 e. The first-order valence-corrected chi connectivity index (χ1v) is 21.1. The molecule has 3 nitrogen and oxygen atoms in total. The van der Waals surface area contributed by atoms with Gasteiger partial charge >= 0.3 is 0 Å². The van der Waals surface area contributed by atoms with Crippen LogP contribution in [-0.2, 0) is 5.41 Å². The van der Waals surface area contributed by atoms with E-state index in [1.165, 1.54) is 60.6 Å². The van der Waals surface area contributed by atoms with Crippen LogP contribution in [0.4, 0.5) is 17.1 Å². The Balaban J connectivity index is 1.04. The van der Waals surface area contributed by atoms with Crippen molar-refractivity contribution in [3.8, 4) is 39.2 Å². The molecular formula is C58H41N3. The molecule has 0 saturated carbocycles. The third-order valence-corrected chi connectivity index (χ3v) is 12.9. The molecule has 61 heavy (non-hydrogen) atoms. The van der Waals surface area contributed by atoms with Crippen molar-refractivity contribution in [1.82, 2.24) is 9.55 Å². The van der Waals surface area contributed by atoms with Crippen LogP contribution < -0.4 is 4.90 Å². The van der Waals surface area contributed by atoms with E-state index in [9.17, 15) is 0 Å². The predicted molar refractivity (Wildman–Crippen MR) is 257 cm³/mol. The zero-order valence-electron chi connectivity index (χ0n) is 34.0. The van der Waals surface area contributed by atoms with Crippen molar-refractivity contribution in [2.75, 3.05) is 4.90 Å². The molecule has 9 aromatic carbocycles. The maximum absolute atomic E-state index is 5.42. The summed E-state index contributed by atoms with van der Waals surface area (Å²) in [5, 5.41) is 6.01. The molecule has 0 amide bonds. The van der Waals surface area contributed by atoms with E-state index in [0.29, 0.717) is 0 Å². The lowest BCUT2D eigenvalue weighted by Gasteiger charge is -2.28. The zero-order valence-corrected chi connectivity index (χ0v) is 34.0. The Morgan fingerprint density at radius 3 is 1.90 bits per heavy atom. The molecule has 0 radical (unpaired) electrons. The van der Waals surface area contributed by atoms with E-state index in [1.54, 1.807) is 0 Å². The van der Waals surface area contributed by atoms with Crippen LogP contribution in [0.25, 0.3) is 82.7 Å². The molecule has 3 heteroatoms. The molecule has 0 spiro atoms. The molecule has 0 saturated heterocycles. The Hall–Kier alpha value is -7.75. The van der Waals surface area contributed by atoms with Gasteiger partial charge in [0.05, 0.1) is 22.2 Å². The van der Waals surface area contributed by atoms with E-state index in [4.69, 9.17) is 4.98 Å². The summed E-state index contributed by atoms with van der Waals surface area (Å²) in [5.74, 6) is 0. The Kier molecular flexibility index (Phi) is 7.88. The Labute approximate surface area is 355 Å². The highest BCUT2D eigenvalue weighted by atomic mass is 15.1.